The first-order chi connectivity index (χ1) is 9.75. The average molecular weight is 305 g/mol. The zero-order valence-corrected chi connectivity index (χ0v) is 10.8. The molecule has 0 saturated carbocycles. The van der Waals surface area contributed by atoms with Crippen molar-refractivity contribution in [3.05, 3.63) is 46.5 Å². The summed E-state index contributed by atoms with van der Waals surface area (Å²) in [5.74, 6) is -11.8. The minimum absolute atomic E-state index is 0.0542. The molecule has 1 aromatic heterocycles. The third-order valence-electron chi connectivity index (χ3n) is 2.93. The van der Waals surface area contributed by atoms with Gasteiger partial charge < -0.3 is 5.32 Å². The molecule has 0 fully saturated rings. The minimum atomic E-state index is -2.29. The second-order valence-electron chi connectivity index (χ2n) is 4.17. The smallest absolute Gasteiger partial charge is 0.259 e. The molecule has 1 heterocycles. The number of nitrogens with one attached hydrogen (secondary N) is 1. The lowest BCUT2D eigenvalue weighted by Crippen LogP contribution is -2.17. The van der Waals surface area contributed by atoms with Crippen molar-refractivity contribution >= 4 is 11.6 Å². The van der Waals surface area contributed by atoms with Crippen LogP contribution in [0.4, 0.5) is 27.6 Å². The van der Waals surface area contributed by atoms with Crippen molar-refractivity contribution in [1.82, 2.24) is 9.78 Å². The highest BCUT2D eigenvalue weighted by atomic mass is 19.2. The van der Waals surface area contributed by atoms with E-state index in [0.717, 1.165) is 6.20 Å². The maximum Gasteiger partial charge on any atom is 0.259 e. The number of hydrogen-bond acceptors (Lipinski definition) is 2. The highest BCUT2D eigenvalue weighted by Crippen LogP contribution is 2.27. The Morgan fingerprint density at radius 1 is 1.05 bits per heavy atom. The fourth-order valence-electron chi connectivity index (χ4n) is 1.62. The van der Waals surface area contributed by atoms with E-state index >= 15 is 0 Å². The second kappa shape index (κ2) is 5.15. The molecule has 4 nitrogen and oxygen atoms in total. The van der Waals surface area contributed by atoms with Crippen molar-refractivity contribution < 1.29 is 26.7 Å². The zero-order chi connectivity index (χ0) is 15.9. The van der Waals surface area contributed by atoms with Gasteiger partial charge in [-0.1, -0.05) is 0 Å². The second-order valence-corrected chi connectivity index (χ2v) is 4.17. The summed E-state index contributed by atoms with van der Waals surface area (Å²) in [4.78, 5) is 11.8. The van der Waals surface area contributed by atoms with Gasteiger partial charge in [0, 0.05) is 12.7 Å². The molecule has 112 valence electrons. The van der Waals surface area contributed by atoms with Crippen molar-refractivity contribution in [3.63, 3.8) is 0 Å². The Balaban J connectivity index is 2.45. The number of carbonyl (C=O) groups excluding carboxylic acids is 1. The van der Waals surface area contributed by atoms with Crippen molar-refractivity contribution in [3.8, 4) is 0 Å². The summed E-state index contributed by atoms with van der Waals surface area (Å²) in [7, 11) is 1.52. The Labute approximate surface area is 115 Å². The first kappa shape index (κ1) is 14.9. The van der Waals surface area contributed by atoms with Crippen molar-refractivity contribution in [2.45, 2.75) is 6.92 Å². The van der Waals surface area contributed by atoms with Gasteiger partial charge in [0.15, 0.2) is 23.3 Å². The highest BCUT2D eigenvalue weighted by molar-refractivity contribution is 6.05. The van der Waals surface area contributed by atoms with Crippen LogP contribution in [0.1, 0.15) is 16.1 Å². The van der Waals surface area contributed by atoms with Gasteiger partial charge in [-0.25, -0.2) is 22.0 Å². The monoisotopic (exact) mass is 305 g/mol. The standard InChI is InChI=1S/C12H8F5N3O/c1-4-5(3-18-20(4)2)12(21)19-11-9(16)7(14)6(13)8(15)10(11)17/h3H,1-2H3,(H,19,21). The van der Waals surface area contributed by atoms with E-state index in [1.165, 1.54) is 18.7 Å². The predicted octanol–water partition coefficient (Wildman–Crippen LogP) is 2.68. The SMILES string of the molecule is Cc1c(C(=O)Nc2c(F)c(F)c(F)c(F)c2F)cnn1C. The summed E-state index contributed by atoms with van der Waals surface area (Å²) >= 11 is 0. The summed E-state index contributed by atoms with van der Waals surface area (Å²) in [6.45, 7) is 1.50. The molecular weight excluding hydrogens is 297 g/mol. The third kappa shape index (κ3) is 2.34. The van der Waals surface area contributed by atoms with Gasteiger partial charge in [0.05, 0.1) is 11.8 Å². The third-order valence-corrected chi connectivity index (χ3v) is 2.93. The Morgan fingerprint density at radius 3 is 1.95 bits per heavy atom. The molecule has 0 spiro atoms. The first-order valence-electron chi connectivity index (χ1n) is 5.57. The molecule has 2 rings (SSSR count). The summed E-state index contributed by atoms with van der Waals surface area (Å²) in [6, 6.07) is 0. The number of amides is 1. The van der Waals surface area contributed by atoms with Crippen LogP contribution in [0.25, 0.3) is 0 Å². The lowest BCUT2D eigenvalue weighted by Gasteiger charge is -2.09. The quantitative estimate of drug-likeness (QED) is 0.527. The van der Waals surface area contributed by atoms with Gasteiger partial charge in [-0.3, -0.25) is 9.48 Å². The molecule has 0 unspecified atom stereocenters. The molecule has 0 aliphatic carbocycles. The average Bonchev–Trinajstić information content (AvgIpc) is 2.79. The lowest BCUT2D eigenvalue weighted by atomic mass is 10.2. The molecule has 0 atom stereocenters. The van der Waals surface area contributed by atoms with Crippen LogP contribution in [0.15, 0.2) is 6.20 Å². The van der Waals surface area contributed by atoms with E-state index in [1.807, 2.05) is 0 Å². The van der Waals surface area contributed by atoms with E-state index in [1.54, 1.807) is 5.32 Å². The van der Waals surface area contributed by atoms with Crippen LogP contribution >= 0.6 is 0 Å². The molecule has 1 amide bonds. The maximum absolute atomic E-state index is 13.4. The Hall–Kier alpha value is -2.45. The van der Waals surface area contributed by atoms with E-state index < -0.39 is 40.7 Å². The van der Waals surface area contributed by atoms with Crippen molar-refractivity contribution in [2.24, 2.45) is 7.05 Å². The number of hydrogen-bond donors (Lipinski definition) is 1. The van der Waals surface area contributed by atoms with Crippen LogP contribution in [0.5, 0.6) is 0 Å². The highest BCUT2D eigenvalue weighted by Gasteiger charge is 2.27. The fourth-order valence-corrected chi connectivity index (χ4v) is 1.62. The Morgan fingerprint density at radius 2 is 1.52 bits per heavy atom. The number of aromatic nitrogens is 2. The molecule has 0 radical (unpaired) electrons. The lowest BCUT2D eigenvalue weighted by molar-refractivity contribution is 0.102. The van der Waals surface area contributed by atoms with Gasteiger partial charge in [0.25, 0.3) is 5.91 Å². The number of benzene rings is 1. The topological polar surface area (TPSA) is 46.9 Å². The van der Waals surface area contributed by atoms with Crippen LogP contribution in [-0.4, -0.2) is 15.7 Å². The molecule has 0 saturated heterocycles. The van der Waals surface area contributed by atoms with E-state index in [4.69, 9.17) is 0 Å². The summed E-state index contributed by atoms with van der Waals surface area (Å²) < 4.78 is 67.1. The molecule has 2 aromatic rings. The largest absolute Gasteiger partial charge is 0.317 e. The molecule has 0 aliphatic rings. The van der Waals surface area contributed by atoms with Gasteiger partial charge in [-0.15, -0.1) is 0 Å². The number of nitrogens with zero attached hydrogens (tertiary/aromatic N) is 2. The summed E-state index contributed by atoms with van der Waals surface area (Å²) in [5.41, 5.74) is -1.10. The normalized spacial score (nSPS) is 10.8. The Bertz CT molecular complexity index is 712. The summed E-state index contributed by atoms with van der Waals surface area (Å²) in [6.07, 6.45) is 1.11. The van der Waals surface area contributed by atoms with E-state index in [9.17, 15) is 26.7 Å². The number of carbonyl (C=O) groups is 1. The predicted molar refractivity (Wildman–Crippen MR) is 62.1 cm³/mol. The van der Waals surface area contributed by atoms with Crippen LogP contribution in [0.2, 0.25) is 0 Å². The minimum Gasteiger partial charge on any atom is -0.317 e. The van der Waals surface area contributed by atoms with Crippen molar-refractivity contribution in [2.75, 3.05) is 5.32 Å². The zero-order valence-electron chi connectivity index (χ0n) is 10.8. The molecule has 0 bridgehead atoms. The van der Waals surface area contributed by atoms with E-state index in [2.05, 4.69) is 5.10 Å². The van der Waals surface area contributed by atoms with Crippen LogP contribution in [0, 0.1) is 36.0 Å². The van der Waals surface area contributed by atoms with Gasteiger partial charge in [0.2, 0.25) is 5.82 Å². The van der Waals surface area contributed by atoms with Gasteiger partial charge >= 0.3 is 0 Å². The van der Waals surface area contributed by atoms with E-state index in [0.29, 0.717) is 5.69 Å². The number of aryl methyl sites for hydroxylation is 1. The number of anilines is 1. The van der Waals surface area contributed by atoms with Crippen LogP contribution in [0.3, 0.4) is 0 Å². The molecule has 21 heavy (non-hydrogen) atoms. The molecule has 0 aliphatic heterocycles. The van der Waals surface area contributed by atoms with Gasteiger partial charge in [0.1, 0.15) is 5.69 Å². The van der Waals surface area contributed by atoms with Crippen LogP contribution < -0.4 is 5.32 Å². The molecule has 1 N–H and O–H groups in total. The molecular formula is C12H8F5N3O. The van der Waals surface area contributed by atoms with Crippen LogP contribution in [-0.2, 0) is 7.05 Å². The molecule has 9 heteroatoms. The Kier molecular flexibility index (Phi) is 3.67. The maximum atomic E-state index is 13.4. The van der Waals surface area contributed by atoms with E-state index in [-0.39, 0.29) is 5.56 Å². The number of halogens is 5. The summed E-state index contributed by atoms with van der Waals surface area (Å²) in [5, 5.41) is 5.40. The molecule has 1 aromatic carbocycles. The van der Waals surface area contributed by atoms with Crippen molar-refractivity contribution in [1.29, 1.82) is 0 Å². The fraction of sp³-hybridized carbons (Fsp3) is 0.167. The van der Waals surface area contributed by atoms with Gasteiger partial charge in [-0.05, 0) is 6.92 Å². The van der Waals surface area contributed by atoms with Gasteiger partial charge in [-0.2, -0.15) is 5.10 Å². The first-order valence-corrected chi connectivity index (χ1v) is 5.57. The number of rotatable bonds is 2.